The molecule has 0 bridgehead atoms. The number of hydrogen-bond donors (Lipinski definition) is 1. The summed E-state index contributed by atoms with van der Waals surface area (Å²) < 4.78 is 11.2. The number of hydrogen-bond acceptors (Lipinski definition) is 4. The van der Waals surface area contributed by atoms with Gasteiger partial charge in [0.1, 0.15) is 6.29 Å². The van der Waals surface area contributed by atoms with Crippen LogP contribution in [0.25, 0.3) is 0 Å². The first-order valence-corrected chi connectivity index (χ1v) is 6.75. The third-order valence-electron chi connectivity index (χ3n) is 4.09. The van der Waals surface area contributed by atoms with Crippen molar-refractivity contribution in [3.05, 3.63) is 11.8 Å². The Morgan fingerprint density at radius 2 is 2.44 bits per heavy atom. The van der Waals surface area contributed by atoms with Crippen LogP contribution in [0, 0.1) is 11.8 Å². The fourth-order valence-corrected chi connectivity index (χ4v) is 3.00. The van der Waals surface area contributed by atoms with Crippen molar-refractivity contribution in [1.82, 2.24) is 0 Å². The van der Waals surface area contributed by atoms with Gasteiger partial charge in [-0.1, -0.05) is 13.3 Å². The highest BCUT2D eigenvalue weighted by Gasteiger charge is 2.52. The van der Waals surface area contributed by atoms with Crippen LogP contribution < -0.4 is 0 Å². The van der Waals surface area contributed by atoms with Gasteiger partial charge in [0.15, 0.2) is 0 Å². The Hall–Kier alpha value is -0.870. The number of allylic oxidation sites excluding steroid dienone is 1. The van der Waals surface area contributed by atoms with Gasteiger partial charge >= 0.3 is 0 Å². The fraction of sp³-hybridized carbons (Fsp3) is 0.786. The van der Waals surface area contributed by atoms with Crippen LogP contribution in [0.3, 0.4) is 0 Å². The minimum atomic E-state index is -0.815. The molecule has 2 rings (SSSR count). The molecule has 0 saturated heterocycles. The van der Waals surface area contributed by atoms with E-state index in [1.165, 1.54) is 6.26 Å². The molecule has 0 spiro atoms. The Balaban J connectivity index is 2.11. The lowest BCUT2D eigenvalue weighted by Crippen LogP contribution is -2.45. The minimum absolute atomic E-state index is 0.0675. The number of rotatable bonds is 5. The summed E-state index contributed by atoms with van der Waals surface area (Å²) in [6.45, 7) is 4.54. The second kappa shape index (κ2) is 5.41. The highest BCUT2D eigenvalue weighted by Crippen LogP contribution is 2.48. The predicted octanol–water partition coefficient (Wildman–Crippen LogP) is 2.02. The van der Waals surface area contributed by atoms with Gasteiger partial charge in [-0.05, 0) is 26.2 Å². The highest BCUT2D eigenvalue weighted by atomic mass is 16.7. The maximum atomic E-state index is 11.0. The first-order chi connectivity index (χ1) is 8.60. The summed E-state index contributed by atoms with van der Waals surface area (Å²) in [7, 11) is 0. The molecule has 0 radical (unpaired) electrons. The molecule has 0 aromatic carbocycles. The summed E-state index contributed by atoms with van der Waals surface area (Å²) in [5.74, 6) is -0.0718. The number of ether oxygens (including phenoxy) is 2. The third-order valence-corrected chi connectivity index (χ3v) is 4.09. The first-order valence-electron chi connectivity index (χ1n) is 6.75. The van der Waals surface area contributed by atoms with E-state index in [0.717, 1.165) is 25.5 Å². The monoisotopic (exact) mass is 254 g/mol. The van der Waals surface area contributed by atoms with Gasteiger partial charge in [0, 0.05) is 11.5 Å². The standard InChI is InChI=1S/C14H22O4/c1-3-4-7-17-13-12-11(5-6-14(12,2)16)10(8-15)9-18-13/h8-9,11-13,16H,3-7H2,1-2H3/t11-,12-,13-,14+/m1/s1. The average Bonchev–Trinajstić information content (AvgIpc) is 2.67. The maximum absolute atomic E-state index is 11.0. The lowest BCUT2D eigenvalue weighted by Gasteiger charge is -2.38. The van der Waals surface area contributed by atoms with Gasteiger partial charge < -0.3 is 14.6 Å². The molecule has 1 N–H and O–H groups in total. The minimum Gasteiger partial charge on any atom is -0.472 e. The molecule has 0 aromatic heterocycles. The zero-order valence-electron chi connectivity index (χ0n) is 11.1. The van der Waals surface area contributed by atoms with Crippen LogP contribution in [0.15, 0.2) is 11.8 Å². The Morgan fingerprint density at radius 3 is 3.11 bits per heavy atom. The van der Waals surface area contributed by atoms with E-state index < -0.39 is 11.9 Å². The van der Waals surface area contributed by atoms with Crippen LogP contribution in [0.4, 0.5) is 0 Å². The van der Waals surface area contributed by atoms with Gasteiger partial charge in [0.2, 0.25) is 6.29 Å². The molecule has 4 heteroatoms. The molecule has 2 aliphatic rings. The molecule has 0 aromatic rings. The first kappa shape index (κ1) is 13.6. The molecule has 4 atom stereocenters. The molecule has 1 aliphatic carbocycles. The number of aldehydes is 1. The van der Waals surface area contributed by atoms with Crippen molar-refractivity contribution in [3.63, 3.8) is 0 Å². The quantitative estimate of drug-likeness (QED) is 0.602. The van der Waals surface area contributed by atoms with E-state index in [4.69, 9.17) is 9.47 Å². The van der Waals surface area contributed by atoms with Crippen molar-refractivity contribution < 1.29 is 19.4 Å². The maximum Gasteiger partial charge on any atom is 0.205 e. The number of unbranched alkanes of at least 4 members (excludes halogenated alkanes) is 1. The Morgan fingerprint density at radius 1 is 1.67 bits per heavy atom. The molecule has 1 saturated carbocycles. The summed E-state index contributed by atoms with van der Waals surface area (Å²) in [4.78, 5) is 11.0. The lowest BCUT2D eigenvalue weighted by atomic mass is 9.82. The van der Waals surface area contributed by atoms with Crippen LogP contribution in [-0.4, -0.2) is 29.9 Å². The highest BCUT2D eigenvalue weighted by molar-refractivity contribution is 5.74. The van der Waals surface area contributed by atoms with E-state index in [0.29, 0.717) is 18.6 Å². The number of aliphatic hydroxyl groups is 1. The van der Waals surface area contributed by atoms with Crippen LogP contribution in [-0.2, 0) is 14.3 Å². The van der Waals surface area contributed by atoms with Crippen molar-refractivity contribution >= 4 is 6.29 Å². The summed E-state index contributed by atoms with van der Waals surface area (Å²) in [6, 6.07) is 0. The SMILES string of the molecule is CCCCO[C@@H]1OC=C(C=O)[C@H]2CC[C@](C)(O)[C@@H]12. The molecule has 4 nitrogen and oxygen atoms in total. The van der Waals surface area contributed by atoms with Crippen LogP contribution in [0.1, 0.15) is 39.5 Å². The van der Waals surface area contributed by atoms with Crippen molar-refractivity contribution in [1.29, 1.82) is 0 Å². The summed E-state index contributed by atoms with van der Waals surface area (Å²) in [5.41, 5.74) is -0.169. The van der Waals surface area contributed by atoms with Crippen molar-refractivity contribution in [2.75, 3.05) is 6.61 Å². The largest absolute Gasteiger partial charge is 0.472 e. The summed E-state index contributed by atoms with van der Waals surface area (Å²) in [6.07, 6.45) is 5.45. The van der Waals surface area contributed by atoms with Crippen molar-refractivity contribution in [2.45, 2.75) is 51.4 Å². The van der Waals surface area contributed by atoms with E-state index >= 15 is 0 Å². The van der Waals surface area contributed by atoms with Gasteiger partial charge in [-0.25, -0.2) is 0 Å². The second-order valence-corrected chi connectivity index (χ2v) is 5.49. The van der Waals surface area contributed by atoms with Gasteiger partial charge in [-0.15, -0.1) is 0 Å². The molecule has 102 valence electrons. The van der Waals surface area contributed by atoms with Gasteiger partial charge in [0.25, 0.3) is 0 Å². The number of carbonyl (C=O) groups excluding carboxylic acids is 1. The molecule has 1 aliphatic heterocycles. The number of carbonyl (C=O) groups is 1. The zero-order chi connectivity index (χ0) is 13.2. The Kier molecular flexibility index (Phi) is 4.07. The normalized spacial score (nSPS) is 38.8. The third kappa shape index (κ3) is 2.45. The van der Waals surface area contributed by atoms with Gasteiger partial charge in [-0.3, -0.25) is 4.79 Å². The molecule has 18 heavy (non-hydrogen) atoms. The van der Waals surface area contributed by atoms with Crippen LogP contribution in [0.5, 0.6) is 0 Å². The molecule has 0 amide bonds. The fourth-order valence-electron chi connectivity index (χ4n) is 3.00. The molecule has 0 unspecified atom stereocenters. The Bertz CT molecular complexity index is 335. The molecule has 1 fully saturated rings. The molecule has 1 heterocycles. The van der Waals surface area contributed by atoms with Crippen molar-refractivity contribution in [3.8, 4) is 0 Å². The predicted molar refractivity (Wildman–Crippen MR) is 66.7 cm³/mol. The van der Waals surface area contributed by atoms with Gasteiger partial charge in [-0.2, -0.15) is 0 Å². The van der Waals surface area contributed by atoms with Crippen LogP contribution >= 0.6 is 0 Å². The Labute approximate surface area is 108 Å². The van der Waals surface area contributed by atoms with Crippen molar-refractivity contribution in [2.24, 2.45) is 11.8 Å². The second-order valence-electron chi connectivity index (χ2n) is 5.49. The van der Waals surface area contributed by atoms with E-state index in [-0.39, 0.29) is 11.8 Å². The summed E-state index contributed by atoms with van der Waals surface area (Å²) >= 11 is 0. The van der Waals surface area contributed by atoms with E-state index in [1.54, 1.807) is 0 Å². The molecular weight excluding hydrogens is 232 g/mol. The topological polar surface area (TPSA) is 55.8 Å². The van der Waals surface area contributed by atoms with Gasteiger partial charge in [0.05, 0.1) is 24.4 Å². The van der Waals surface area contributed by atoms with Crippen LogP contribution in [0.2, 0.25) is 0 Å². The molecular formula is C14H22O4. The van der Waals surface area contributed by atoms with E-state index in [2.05, 4.69) is 6.92 Å². The smallest absolute Gasteiger partial charge is 0.205 e. The van der Waals surface area contributed by atoms with E-state index in [9.17, 15) is 9.90 Å². The average molecular weight is 254 g/mol. The van der Waals surface area contributed by atoms with E-state index in [1.807, 2.05) is 6.92 Å². The number of fused-ring (bicyclic) bond motifs is 1. The zero-order valence-corrected chi connectivity index (χ0v) is 11.1. The lowest BCUT2D eigenvalue weighted by molar-refractivity contribution is -0.192. The summed E-state index contributed by atoms with van der Waals surface area (Å²) in [5, 5.41) is 10.4.